The Kier molecular flexibility index (Phi) is 11.0. The van der Waals surface area contributed by atoms with Gasteiger partial charge in [0.15, 0.2) is 12.2 Å². The largest absolute Gasteiger partial charge is 0.479 e. The number of nitrogens with zero attached hydrogens (tertiary/aromatic N) is 1. The van der Waals surface area contributed by atoms with Crippen LogP contribution >= 0.6 is 0 Å². The number of hydrogen-bond donors (Lipinski definition) is 6. The van der Waals surface area contributed by atoms with Crippen LogP contribution in [-0.2, 0) is 19.2 Å². The number of aliphatic hydroxyl groups is 2. The fraction of sp³-hybridized carbons (Fsp3) is 0.727. The molecule has 0 aromatic carbocycles. The lowest BCUT2D eigenvalue weighted by molar-refractivity contribution is -0.779. The molecule has 0 aliphatic carbocycles. The summed E-state index contributed by atoms with van der Waals surface area (Å²) < 4.78 is 0. The molecule has 0 spiro atoms. The van der Waals surface area contributed by atoms with E-state index in [0.29, 0.717) is 6.42 Å². The van der Waals surface area contributed by atoms with Crippen LogP contribution in [0.3, 0.4) is 0 Å². The zero-order valence-electron chi connectivity index (χ0n) is 12.9. The lowest BCUT2D eigenvalue weighted by Crippen LogP contribution is -2.55. The second-order valence-electron chi connectivity index (χ2n) is 4.29. The van der Waals surface area contributed by atoms with Crippen molar-refractivity contribution >= 4 is 17.9 Å². The van der Waals surface area contributed by atoms with Crippen molar-refractivity contribution in [1.29, 1.82) is 0 Å². The van der Waals surface area contributed by atoms with E-state index in [1.165, 1.54) is 0 Å². The van der Waals surface area contributed by atoms with Crippen LogP contribution < -0.4 is 5.32 Å². The van der Waals surface area contributed by atoms with E-state index in [1.807, 2.05) is 0 Å². The lowest BCUT2D eigenvalue weighted by Gasteiger charge is -2.26. The predicted molar refractivity (Wildman–Crippen MR) is 74.3 cm³/mol. The van der Waals surface area contributed by atoms with E-state index in [-0.39, 0.29) is 13.0 Å². The van der Waals surface area contributed by atoms with Gasteiger partial charge in [0.1, 0.15) is 0 Å². The lowest BCUT2D eigenvalue weighted by atomic mass is 10.1. The third-order valence-corrected chi connectivity index (χ3v) is 2.45. The Balaban J connectivity index is 0. The summed E-state index contributed by atoms with van der Waals surface area (Å²) in [6, 6.07) is 0. The standard InChI is InChI=1S/C7H14N2O5.C4H6O6/c1-3-5-7(6(10)11,8-4-2)14-9(12)13;5-1(3(7)8)2(6)4(9)10/h8H,3-5H2,1-2H3,(H,10,11);1-2,5-6H,(H,7,8)(H,9,10). The molecular weight excluding hydrogens is 336 g/mol. The summed E-state index contributed by atoms with van der Waals surface area (Å²) in [4.78, 5) is 44.7. The first kappa shape index (κ1) is 23.8. The van der Waals surface area contributed by atoms with Crippen molar-refractivity contribution in [2.24, 2.45) is 0 Å². The fourth-order valence-electron chi connectivity index (χ4n) is 1.42. The molecule has 0 radical (unpaired) electrons. The van der Waals surface area contributed by atoms with Crippen molar-refractivity contribution in [1.82, 2.24) is 5.32 Å². The summed E-state index contributed by atoms with van der Waals surface area (Å²) in [5.41, 5.74) is -1.91. The molecule has 0 rings (SSSR count). The van der Waals surface area contributed by atoms with Gasteiger partial charge in [0, 0.05) is 6.42 Å². The molecule has 13 nitrogen and oxygen atoms in total. The molecule has 0 saturated heterocycles. The van der Waals surface area contributed by atoms with Crippen LogP contribution in [0.4, 0.5) is 0 Å². The van der Waals surface area contributed by atoms with Gasteiger partial charge in [-0.2, -0.15) is 0 Å². The van der Waals surface area contributed by atoms with E-state index >= 15 is 0 Å². The quantitative estimate of drug-likeness (QED) is 0.146. The van der Waals surface area contributed by atoms with Crippen LogP contribution in [0.2, 0.25) is 0 Å². The van der Waals surface area contributed by atoms with Crippen LogP contribution in [0.5, 0.6) is 0 Å². The Hall–Kier alpha value is -2.51. The molecular formula is C11H20N2O11. The van der Waals surface area contributed by atoms with E-state index in [0.717, 1.165) is 0 Å². The van der Waals surface area contributed by atoms with Crippen LogP contribution in [0, 0.1) is 10.1 Å². The molecule has 140 valence electrons. The predicted octanol–water partition coefficient (Wildman–Crippen LogP) is -1.74. The Labute approximate surface area is 135 Å². The van der Waals surface area contributed by atoms with E-state index in [2.05, 4.69) is 10.2 Å². The third-order valence-electron chi connectivity index (χ3n) is 2.45. The SMILES string of the molecule is CCCC(NCC)(O[N+](=O)[O-])C(=O)O.O=C(O)C(O)C(O)C(=O)O. The monoisotopic (exact) mass is 356 g/mol. The van der Waals surface area contributed by atoms with E-state index < -0.39 is 40.9 Å². The van der Waals surface area contributed by atoms with Crippen molar-refractivity contribution in [2.45, 2.75) is 44.6 Å². The number of carboxylic acid groups (broad SMARTS) is 3. The average Bonchev–Trinajstić information content (AvgIpc) is 2.45. The van der Waals surface area contributed by atoms with Crippen molar-refractivity contribution in [2.75, 3.05) is 6.54 Å². The second-order valence-corrected chi connectivity index (χ2v) is 4.29. The number of likely N-dealkylation sites (N-methyl/N-ethyl adjacent to an activating group) is 1. The zero-order chi connectivity index (χ0) is 19.5. The molecule has 3 atom stereocenters. The van der Waals surface area contributed by atoms with Gasteiger partial charge in [-0.3, -0.25) is 10.2 Å². The van der Waals surface area contributed by atoms with Gasteiger partial charge >= 0.3 is 17.9 Å². The first-order valence-electron chi connectivity index (χ1n) is 6.58. The molecule has 0 fully saturated rings. The molecule has 0 heterocycles. The normalized spacial score (nSPS) is 15.0. The van der Waals surface area contributed by atoms with Crippen molar-refractivity contribution in [3.63, 3.8) is 0 Å². The van der Waals surface area contributed by atoms with E-state index in [4.69, 9.17) is 25.5 Å². The highest BCUT2D eigenvalue weighted by atomic mass is 17.0. The van der Waals surface area contributed by atoms with Gasteiger partial charge in [0.05, 0.1) is 0 Å². The molecule has 13 heteroatoms. The summed E-state index contributed by atoms with van der Waals surface area (Å²) in [5, 5.41) is 52.9. The summed E-state index contributed by atoms with van der Waals surface area (Å²) in [6.45, 7) is 3.65. The Morgan fingerprint density at radius 1 is 1.12 bits per heavy atom. The van der Waals surface area contributed by atoms with E-state index in [9.17, 15) is 24.5 Å². The summed E-state index contributed by atoms with van der Waals surface area (Å²) in [6.07, 6.45) is -4.03. The molecule has 6 N–H and O–H groups in total. The van der Waals surface area contributed by atoms with Gasteiger partial charge in [0.25, 0.3) is 10.8 Å². The van der Waals surface area contributed by atoms with Gasteiger partial charge in [-0.05, 0) is 6.54 Å². The van der Waals surface area contributed by atoms with Gasteiger partial charge in [0.2, 0.25) is 0 Å². The molecule has 3 unspecified atom stereocenters. The summed E-state index contributed by atoms with van der Waals surface area (Å²) in [7, 11) is 0. The van der Waals surface area contributed by atoms with Gasteiger partial charge in [-0.15, -0.1) is 10.1 Å². The van der Waals surface area contributed by atoms with Crippen LogP contribution in [0.1, 0.15) is 26.7 Å². The maximum Gasteiger partial charge on any atom is 0.351 e. The van der Waals surface area contributed by atoms with Crippen LogP contribution in [0.15, 0.2) is 0 Å². The molecule has 24 heavy (non-hydrogen) atoms. The fourth-order valence-corrected chi connectivity index (χ4v) is 1.42. The van der Waals surface area contributed by atoms with Gasteiger partial charge in [-0.1, -0.05) is 20.3 Å². The molecule has 0 aromatic heterocycles. The first-order valence-corrected chi connectivity index (χ1v) is 6.58. The number of aliphatic carboxylic acids is 3. The van der Waals surface area contributed by atoms with Crippen molar-refractivity contribution in [3.8, 4) is 0 Å². The molecule has 0 amide bonds. The zero-order valence-corrected chi connectivity index (χ0v) is 12.9. The Bertz CT molecular complexity index is 429. The number of hydrogen-bond acceptors (Lipinski definition) is 9. The molecule has 0 aliphatic heterocycles. The first-order chi connectivity index (χ1) is 10.9. The topological polar surface area (TPSA) is 217 Å². The number of carbonyl (C=O) groups is 3. The number of aliphatic hydroxyl groups excluding tert-OH is 2. The summed E-state index contributed by atoms with van der Waals surface area (Å²) >= 11 is 0. The number of carboxylic acids is 3. The maximum absolute atomic E-state index is 10.8. The minimum Gasteiger partial charge on any atom is -0.479 e. The molecule has 0 aromatic rings. The molecule has 0 aliphatic rings. The highest BCUT2D eigenvalue weighted by Crippen LogP contribution is 2.15. The second kappa shape index (κ2) is 11.1. The van der Waals surface area contributed by atoms with Crippen LogP contribution in [0.25, 0.3) is 0 Å². The number of nitrogens with one attached hydrogen (secondary N) is 1. The highest BCUT2D eigenvalue weighted by molar-refractivity contribution is 5.83. The minimum atomic E-state index is -2.27. The Morgan fingerprint density at radius 2 is 1.54 bits per heavy atom. The van der Waals surface area contributed by atoms with Crippen molar-refractivity contribution in [3.05, 3.63) is 10.1 Å². The molecule has 0 saturated carbocycles. The minimum absolute atomic E-state index is 0.0388. The average molecular weight is 356 g/mol. The van der Waals surface area contributed by atoms with E-state index in [1.54, 1.807) is 13.8 Å². The summed E-state index contributed by atoms with van der Waals surface area (Å²) in [5.74, 6) is -4.91. The Morgan fingerprint density at radius 3 is 1.75 bits per heavy atom. The maximum atomic E-state index is 10.8. The van der Waals surface area contributed by atoms with Crippen molar-refractivity contribution < 1.29 is 49.8 Å². The third kappa shape index (κ3) is 8.21. The van der Waals surface area contributed by atoms with Gasteiger partial charge < -0.3 is 25.5 Å². The molecule has 0 bridgehead atoms. The van der Waals surface area contributed by atoms with Crippen LogP contribution in [-0.4, -0.2) is 73.0 Å². The highest BCUT2D eigenvalue weighted by Gasteiger charge is 2.41. The number of rotatable bonds is 10. The van der Waals surface area contributed by atoms with Gasteiger partial charge in [-0.25, -0.2) is 14.4 Å². The smallest absolute Gasteiger partial charge is 0.351 e.